The van der Waals surface area contributed by atoms with Gasteiger partial charge in [0, 0.05) is 12.0 Å². The first-order valence-electron chi connectivity index (χ1n) is 5.39. The van der Waals surface area contributed by atoms with E-state index in [4.69, 9.17) is 4.74 Å². The first-order chi connectivity index (χ1) is 8.08. The normalized spacial score (nSPS) is 9.76. The summed E-state index contributed by atoms with van der Waals surface area (Å²) in [6, 6.07) is 4.42. The van der Waals surface area contributed by atoms with Crippen molar-refractivity contribution in [2.24, 2.45) is 0 Å². The van der Waals surface area contributed by atoms with Gasteiger partial charge in [0.25, 0.3) is 0 Å². The van der Waals surface area contributed by atoms with Crippen LogP contribution in [0.5, 0.6) is 5.75 Å². The molecular weight excluding hydrogens is 220 g/mol. The Morgan fingerprint density at radius 2 is 2.06 bits per heavy atom. The predicted octanol–water partition coefficient (Wildman–Crippen LogP) is 2.41. The Labute approximate surface area is 99.6 Å². The van der Waals surface area contributed by atoms with Crippen LogP contribution in [0.4, 0.5) is 0 Å². The van der Waals surface area contributed by atoms with Crippen molar-refractivity contribution in [1.82, 2.24) is 0 Å². The summed E-state index contributed by atoms with van der Waals surface area (Å²) in [7, 11) is 0. The van der Waals surface area contributed by atoms with Gasteiger partial charge in [-0.1, -0.05) is 6.92 Å². The standard InChI is InChI=1S/C13H14O4/c1-3-4-13(16)17-12-6-5-10(9(2)15)7-11(12)8-14/h5-8H,3-4H2,1-2H3. The zero-order chi connectivity index (χ0) is 12.8. The van der Waals surface area contributed by atoms with Gasteiger partial charge in [0.05, 0.1) is 5.56 Å². The molecule has 17 heavy (non-hydrogen) atoms. The van der Waals surface area contributed by atoms with Crippen LogP contribution in [0.3, 0.4) is 0 Å². The minimum absolute atomic E-state index is 0.139. The Morgan fingerprint density at radius 1 is 1.35 bits per heavy atom. The Bertz CT molecular complexity index is 449. The highest BCUT2D eigenvalue weighted by Gasteiger charge is 2.10. The van der Waals surface area contributed by atoms with Gasteiger partial charge in [-0.25, -0.2) is 0 Å². The molecule has 0 bridgehead atoms. The quantitative estimate of drug-likeness (QED) is 0.340. The predicted molar refractivity (Wildman–Crippen MR) is 62.4 cm³/mol. The Balaban J connectivity index is 2.96. The first-order valence-corrected chi connectivity index (χ1v) is 5.39. The molecule has 1 aromatic rings. The number of ketones is 1. The second-order valence-corrected chi connectivity index (χ2v) is 3.65. The monoisotopic (exact) mass is 234 g/mol. The molecule has 4 nitrogen and oxygen atoms in total. The third kappa shape index (κ3) is 3.52. The van der Waals surface area contributed by atoms with Crippen molar-refractivity contribution < 1.29 is 19.1 Å². The average Bonchev–Trinajstić information content (AvgIpc) is 2.29. The second-order valence-electron chi connectivity index (χ2n) is 3.65. The number of hydrogen-bond acceptors (Lipinski definition) is 4. The molecule has 0 fully saturated rings. The fraction of sp³-hybridized carbons (Fsp3) is 0.308. The molecule has 0 aromatic heterocycles. The van der Waals surface area contributed by atoms with E-state index in [1.807, 2.05) is 6.92 Å². The van der Waals surface area contributed by atoms with Gasteiger partial charge < -0.3 is 4.74 Å². The van der Waals surface area contributed by atoms with E-state index in [2.05, 4.69) is 0 Å². The number of Topliss-reactive ketones (excluding diaryl/α,β-unsaturated/α-hetero) is 1. The highest BCUT2D eigenvalue weighted by Crippen LogP contribution is 2.19. The van der Waals surface area contributed by atoms with Crippen molar-refractivity contribution in [1.29, 1.82) is 0 Å². The highest BCUT2D eigenvalue weighted by molar-refractivity contribution is 5.96. The van der Waals surface area contributed by atoms with E-state index in [9.17, 15) is 14.4 Å². The van der Waals surface area contributed by atoms with Crippen LogP contribution in [0, 0.1) is 0 Å². The zero-order valence-electron chi connectivity index (χ0n) is 9.86. The summed E-state index contributed by atoms with van der Waals surface area (Å²) in [5.74, 6) is -0.325. The van der Waals surface area contributed by atoms with Crippen LogP contribution in [0.1, 0.15) is 47.4 Å². The van der Waals surface area contributed by atoms with Crippen molar-refractivity contribution in [3.8, 4) is 5.75 Å². The van der Waals surface area contributed by atoms with E-state index < -0.39 is 0 Å². The van der Waals surface area contributed by atoms with Crippen LogP contribution in [0.15, 0.2) is 18.2 Å². The van der Waals surface area contributed by atoms with E-state index in [0.717, 1.165) is 0 Å². The summed E-state index contributed by atoms with van der Waals surface area (Å²) in [5, 5.41) is 0. The van der Waals surface area contributed by atoms with Crippen LogP contribution in [-0.4, -0.2) is 18.0 Å². The number of benzene rings is 1. The topological polar surface area (TPSA) is 60.4 Å². The van der Waals surface area contributed by atoms with Gasteiger partial charge in [-0.3, -0.25) is 14.4 Å². The largest absolute Gasteiger partial charge is 0.426 e. The van der Waals surface area contributed by atoms with Gasteiger partial charge >= 0.3 is 5.97 Å². The molecule has 0 aliphatic heterocycles. The average molecular weight is 234 g/mol. The molecule has 90 valence electrons. The Morgan fingerprint density at radius 3 is 2.59 bits per heavy atom. The summed E-state index contributed by atoms with van der Waals surface area (Å²) >= 11 is 0. The lowest BCUT2D eigenvalue weighted by molar-refractivity contribution is -0.134. The maximum atomic E-state index is 11.3. The molecule has 1 rings (SSSR count). The summed E-state index contributed by atoms with van der Waals surface area (Å²) < 4.78 is 5.03. The molecule has 4 heteroatoms. The van der Waals surface area contributed by atoms with Crippen molar-refractivity contribution in [2.45, 2.75) is 26.7 Å². The molecule has 0 spiro atoms. The van der Waals surface area contributed by atoms with Crippen LogP contribution in [0.25, 0.3) is 0 Å². The molecule has 0 saturated heterocycles. The van der Waals surface area contributed by atoms with Crippen LogP contribution in [-0.2, 0) is 4.79 Å². The molecule has 0 N–H and O–H groups in total. The number of carbonyl (C=O) groups is 3. The van der Waals surface area contributed by atoms with E-state index in [1.165, 1.54) is 25.1 Å². The van der Waals surface area contributed by atoms with Gasteiger partial charge in [-0.2, -0.15) is 0 Å². The minimum atomic E-state index is -0.383. The molecule has 0 unspecified atom stereocenters. The van der Waals surface area contributed by atoms with E-state index >= 15 is 0 Å². The fourth-order valence-electron chi connectivity index (χ4n) is 1.33. The van der Waals surface area contributed by atoms with E-state index in [0.29, 0.717) is 24.7 Å². The molecule has 0 saturated carbocycles. The SMILES string of the molecule is CCCC(=O)Oc1ccc(C(C)=O)cc1C=O. The number of rotatable bonds is 5. The number of carbonyl (C=O) groups excluding carboxylic acids is 3. The first kappa shape index (κ1) is 13.1. The van der Waals surface area contributed by atoms with Crippen molar-refractivity contribution in [2.75, 3.05) is 0 Å². The number of esters is 1. The number of ether oxygens (including phenoxy) is 1. The smallest absolute Gasteiger partial charge is 0.311 e. The van der Waals surface area contributed by atoms with Crippen molar-refractivity contribution in [3.63, 3.8) is 0 Å². The lowest BCUT2D eigenvalue weighted by Gasteiger charge is -2.07. The molecule has 0 heterocycles. The summed E-state index contributed by atoms with van der Waals surface area (Å²) in [4.78, 5) is 33.3. The molecule has 0 atom stereocenters. The molecule has 0 aliphatic carbocycles. The molecule has 0 aliphatic rings. The number of hydrogen-bond donors (Lipinski definition) is 0. The molecule has 0 amide bonds. The van der Waals surface area contributed by atoms with Gasteiger partial charge in [0.15, 0.2) is 12.1 Å². The maximum absolute atomic E-state index is 11.3. The van der Waals surface area contributed by atoms with Gasteiger partial charge in [-0.05, 0) is 31.5 Å². The molecule has 1 aromatic carbocycles. The van der Waals surface area contributed by atoms with E-state index in [-0.39, 0.29) is 23.1 Å². The molecular formula is C13H14O4. The fourth-order valence-corrected chi connectivity index (χ4v) is 1.33. The highest BCUT2D eigenvalue weighted by atomic mass is 16.5. The van der Waals surface area contributed by atoms with Crippen LogP contribution in [0.2, 0.25) is 0 Å². The number of aldehydes is 1. The summed E-state index contributed by atoms with van der Waals surface area (Å²) in [6.45, 7) is 3.27. The Kier molecular flexibility index (Phi) is 4.57. The summed E-state index contributed by atoms with van der Waals surface area (Å²) in [6.07, 6.45) is 1.55. The summed E-state index contributed by atoms with van der Waals surface area (Å²) in [5.41, 5.74) is 0.629. The minimum Gasteiger partial charge on any atom is -0.426 e. The lowest BCUT2D eigenvalue weighted by Crippen LogP contribution is -2.09. The lowest BCUT2D eigenvalue weighted by atomic mass is 10.1. The van der Waals surface area contributed by atoms with Gasteiger partial charge in [0.1, 0.15) is 5.75 Å². The third-order valence-electron chi connectivity index (χ3n) is 2.22. The third-order valence-corrected chi connectivity index (χ3v) is 2.22. The van der Waals surface area contributed by atoms with E-state index in [1.54, 1.807) is 0 Å². The molecule has 0 radical (unpaired) electrons. The van der Waals surface area contributed by atoms with Crippen LogP contribution < -0.4 is 4.74 Å². The van der Waals surface area contributed by atoms with Crippen molar-refractivity contribution >= 4 is 18.0 Å². The van der Waals surface area contributed by atoms with Crippen molar-refractivity contribution in [3.05, 3.63) is 29.3 Å². The zero-order valence-corrected chi connectivity index (χ0v) is 9.86. The van der Waals surface area contributed by atoms with Gasteiger partial charge in [-0.15, -0.1) is 0 Å². The maximum Gasteiger partial charge on any atom is 0.311 e. The Hall–Kier alpha value is -1.97. The second kappa shape index (κ2) is 5.94. The van der Waals surface area contributed by atoms with Gasteiger partial charge in [0.2, 0.25) is 0 Å². The van der Waals surface area contributed by atoms with Crippen LogP contribution >= 0.6 is 0 Å².